The van der Waals surface area contributed by atoms with Crippen molar-refractivity contribution >= 4 is 23.2 Å². The number of hydrogen-bond acceptors (Lipinski definition) is 2. The normalized spacial score (nSPS) is 6.86. The van der Waals surface area contributed by atoms with E-state index in [0.29, 0.717) is 6.54 Å². The Morgan fingerprint density at radius 2 is 1.57 bits per heavy atom. The fraction of sp³-hybridized carbons (Fsp3) is 1.00. The molecule has 0 aromatic carbocycles. The topological polar surface area (TPSA) is 46.2 Å². The third-order valence-corrected chi connectivity index (χ3v) is 0.129. The van der Waals surface area contributed by atoms with Gasteiger partial charge < -0.3 is 10.8 Å². The summed E-state index contributed by atoms with van der Waals surface area (Å²) in [5.41, 5.74) is 4.78. The summed E-state index contributed by atoms with van der Waals surface area (Å²) in [6.45, 7) is 0.472. The maximum atomic E-state index is 7.75. The second kappa shape index (κ2) is 16.1. The lowest BCUT2D eigenvalue weighted by atomic mass is 10.8. The number of nitrogens with two attached hydrogens (primary N) is 1. The fourth-order valence-corrected chi connectivity index (χ4v) is 0. The molecule has 0 amide bonds. The molecule has 0 radical (unpaired) electrons. The lowest BCUT2D eigenvalue weighted by Crippen LogP contribution is -2.02. The molecule has 2 nitrogen and oxygen atoms in total. The highest BCUT2D eigenvalue weighted by Crippen LogP contribution is 1.73. The number of alkyl halides is 2. The van der Waals surface area contributed by atoms with E-state index in [1.165, 1.54) is 0 Å². The molecule has 0 saturated heterocycles. The van der Waals surface area contributed by atoms with Crippen LogP contribution in [0.1, 0.15) is 0 Å². The van der Waals surface area contributed by atoms with Crippen molar-refractivity contribution in [3.05, 3.63) is 0 Å². The standard InChI is InChI=1S/C2H7NO.CH2Cl2/c3-1-2-4;2-1-3/h4H,1-3H2;1H2. The van der Waals surface area contributed by atoms with Crippen molar-refractivity contribution < 1.29 is 5.11 Å². The maximum absolute atomic E-state index is 7.75. The summed E-state index contributed by atoms with van der Waals surface area (Å²) in [4.78, 5) is 0. The van der Waals surface area contributed by atoms with Crippen LogP contribution in [0.4, 0.5) is 0 Å². The molecule has 0 unspecified atom stereocenters. The summed E-state index contributed by atoms with van der Waals surface area (Å²) in [6.07, 6.45) is 0. The van der Waals surface area contributed by atoms with Gasteiger partial charge in [-0.1, -0.05) is 0 Å². The van der Waals surface area contributed by atoms with Gasteiger partial charge in [0.1, 0.15) is 0 Å². The van der Waals surface area contributed by atoms with Gasteiger partial charge in [0.05, 0.1) is 11.9 Å². The van der Waals surface area contributed by atoms with E-state index in [9.17, 15) is 0 Å². The van der Waals surface area contributed by atoms with E-state index in [0.717, 1.165) is 0 Å². The molecule has 0 saturated carbocycles. The highest BCUT2D eigenvalue weighted by atomic mass is 35.5. The van der Waals surface area contributed by atoms with Gasteiger partial charge in [0.15, 0.2) is 0 Å². The van der Waals surface area contributed by atoms with Crippen molar-refractivity contribution in [1.82, 2.24) is 0 Å². The highest BCUT2D eigenvalue weighted by Gasteiger charge is 1.56. The van der Waals surface area contributed by atoms with Gasteiger partial charge >= 0.3 is 0 Å². The first kappa shape index (κ1) is 10.5. The second-order valence-electron chi connectivity index (χ2n) is 0.613. The van der Waals surface area contributed by atoms with E-state index in [-0.39, 0.29) is 11.9 Å². The molecule has 0 aromatic heterocycles. The monoisotopic (exact) mass is 145 g/mol. The first-order valence-corrected chi connectivity index (χ1v) is 2.83. The van der Waals surface area contributed by atoms with Gasteiger partial charge in [0, 0.05) is 6.54 Å². The molecule has 0 aliphatic carbocycles. The molecular weight excluding hydrogens is 137 g/mol. The quantitative estimate of drug-likeness (QED) is 0.524. The summed E-state index contributed by atoms with van der Waals surface area (Å²) >= 11 is 9.53. The fourth-order valence-electron chi connectivity index (χ4n) is 0. The molecular formula is C3H9Cl2NO. The third-order valence-electron chi connectivity index (χ3n) is 0.129. The zero-order chi connectivity index (χ0) is 6.12. The molecule has 0 heterocycles. The van der Waals surface area contributed by atoms with E-state index in [1.807, 2.05) is 0 Å². The Bertz CT molecular complexity index is 20.4. The third kappa shape index (κ3) is 58.5. The van der Waals surface area contributed by atoms with Crippen LogP contribution in [-0.2, 0) is 0 Å². The van der Waals surface area contributed by atoms with Crippen molar-refractivity contribution in [2.24, 2.45) is 5.73 Å². The van der Waals surface area contributed by atoms with Crippen LogP contribution in [0.15, 0.2) is 0 Å². The van der Waals surface area contributed by atoms with Crippen molar-refractivity contribution in [2.45, 2.75) is 0 Å². The van der Waals surface area contributed by atoms with E-state index < -0.39 is 0 Å². The molecule has 0 aliphatic rings. The number of hydrogen-bond donors (Lipinski definition) is 2. The Morgan fingerprint density at radius 3 is 1.57 bits per heavy atom. The number of rotatable bonds is 1. The summed E-state index contributed by atoms with van der Waals surface area (Å²) in [5.74, 6) is 0. The van der Waals surface area contributed by atoms with Crippen LogP contribution in [-0.4, -0.2) is 23.6 Å². The summed E-state index contributed by atoms with van der Waals surface area (Å²) < 4.78 is 0. The molecule has 0 rings (SSSR count). The Kier molecular flexibility index (Phi) is 24.0. The predicted octanol–water partition coefficient (Wildman–Crippen LogP) is 0.359. The van der Waals surface area contributed by atoms with Gasteiger partial charge in [-0.2, -0.15) is 0 Å². The molecule has 46 valence electrons. The minimum Gasteiger partial charge on any atom is -0.395 e. The van der Waals surface area contributed by atoms with Crippen molar-refractivity contribution in [2.75, 3.05) is 18.5 Å². The lowest BCUT2D eigenvalue weighted by molar-refractivity contribution is 0.306. The zero-order valence-electron chi connectivity index (χ0n) is 3.90. The Morgan fingerprint density at radius 1 is 1.43 bits per heavy atom. The first-order chi connectivity index (χ1) is 3.33. The van der Waals surface area contributed by atoms with Crippen LogP contribution in [0.3, 0.4) is 0 Å². The largest absolute Gasteiger partial charge is 0.395 e. The van der Waals surface area contributed by atoms with Crippen molar-refractivity contribution in [3.63, 3.8) is 0 Å². The summed E-state index contributed by atoms with van der Waals surface area (Å²) in [5, 5.41) is 7.94. The number of aliphatic hydroxyl groups is 1. The van der Waals surface area contributed by atoms with Gasteiger partial charge in [0.2, 0.25) is 0 Å². The van der Waals surface area contributed by atoms with Crippen molar-refractivity contribution in [1.29, 1.82) is 0 Å². The van der Waals surface area contributed by atoms with Crippen LogP contribution in [0.2, 0.25) is 0 Å². The van der Waals surface area contributed by atoms with Crippen molar-refractivity contribution in [3.8, 4) is 0 Å². The van der Waals surface area contributed by atoms with Crippen LogP contribution in [0.25, 0.3) is 0 Å². The van der Waals surface area contributed by atoms with Gasteiger partial charge in [-0.05, 0) is 0 Å². The molecule has 0 aliphatic heterocycles. The number of halogens is 2. The Labute approximate surface area is 53.2 Å². The lowest BCUT2D eigenvalue weighted by Gasteiger charge is -1.71. The molecule has 3 N–H and O–H groups in total. The predicted molar refractivity (Wildman–Crippen MR) is 32.7 cm³/mol. The van der Waals surface area contributed by atoms with Gasteiger partial charge in [-0.15, -0.1) is 23.2 Å². The second-order valence-corrected chi connectivity index (χ2v) is 1.42. The van der Waals surface area contributed by atoms with Crippen LogP contribution >= 0.6 is 23.2 Å². The zero-order valence-corrected chi connectivity index (χ0v) is 5.41. The summed E-state index contributed by atoms with van der Waals surface area (Å²) in [7, 11) is 0. The first-order valence-electron chi connectivity index (χ1n) is 1.76. The van der Waals surface area contributed by atoms with E-state index in [1.54, 1.807) is 0 Å². The van der Waals surface area contributed by atoms with Crippen LogP contribution < -0.4 is 5.73 Å². The minimum atomic E-state index is 0.0972. The van der Waals surface area contributed by atoms with Gasteiger partial charge in [-0.25, -0.2) is 0 Å². The Hall–Kier alpha value is 0.500. The van der Waals surface area contributed by atoms with Crippen LogP contribution in [0.5, 0.6) is 0 Å². The smallest absolute Gasteiger partial charge is 0.0967 e. The minimum absolute atomic E-state index is 0.0972. The van der Waals surface area contributed by atoms with Gasteiger partial charge in [0.25, 0.3) is 0 Å². The van der Waals surface area contributed by atoms with E-state index >= 15 is 0 Å². The molecule has 7 heavy (non-hydrogen) atoms. The Balaban J connectivity index is 0. The SMILES string of the molecule is ClCCl.NCCO. The molecule has 0 aromatic rings. The van der Waals surface area contributed by atoms with Crippen LogP contribution in [0, 0.1) is 0 Å². The van der Waals surface area contributed by atoms with Gasteiger partial charge in [-0.3, -0.25) is 0 Å². The average molecular weight is 146 g/mol. The molecule has 0 bridgehead atoms. The van der Waals surface area contributed by atoms with E-state index in [4.69, 9.17) is 34.0 Å². The molecule has 0 spiro atoms. The number of aliphatic hydroxyl groups excluding tert-OH is 1. The average Bonchev–Trinajstić information content (AvgIpc) is 1.69. The summed E-state index contributed by atoms with van der Waals surface area (Å²) in [6, 6.07) is 0. The molecule has 0 fully saturated rings. The molecule has 4 heteroatoms. The maximum Gasteiger partial charge on any atom is 0.0967 e. The van der Waals surface area contributed by atoms with E-state index in [2.05, 4.69) is 0 Å². The molecule has 0 atom stereocenters. The highest BCUT2D eigenvalue weighted by molar-refractivity contribution is 6.40.